The van der Waals surface area contributed by atoms with E-state index in [0.717, 1.165) is 21.3 Å². The summed E-state index contributed by atoms with van der Waals surface area (Å²) in [7, 11) is 0. The number of aromatic amines is 1. The summed E-state index contributed by atoms with van der Waals surface area (Å²) < 4.78 is 0.988. The van der Waals surface area contributed by atoms with Gasteiger partial charge in [-0.05, 0) is 18.6 Å². The maximum Gasteiger partial charge on any atom is 0.345 e. The first-order valence-corrected chi connectivity index (χ1v) is 5.28. The topological polar surface area (TPSA) is 45.8 Å². The van der Waals surface area contributed by atoms with Crippen LogP contribution in [0.3, 0.4) is 0 Å². The van der Waals surface area contributed by atoms with Crippen LogP contribution in [0.15, 0.2) is 39.7 Å². The largest absolute Gasteiger partial charge is 0.345 e. The highest BCUT2D eigenvalue weighted by Gasteiger charge is 2.05. The van der Waals surface area contributed by atoms with Gasteiger partial charge in [0.05, 0.1) is 0 Å². The summed E-state index contributed by atoms with van der Waals surface area (Å²) >= 11 is 3.47. The molecule has 1 N–H and O–H groups in total. The van der Waals surface area contributed by atoms with E-state index in [0.29, 0.717) is 0 Å². The normalized spacial score (nSPS) is 10.3. The molecule has 0 saturated carbocycles. The third-order valence-corrected chi connectivity index (χ3v) is 2.86. The molecule has 0 unspecified atom stereocenters. The lowest BCUT2D eigenvalue weighted by Gasteiger charge is -2.06. The van der Waals surface area contributed by atoms with E-state index in [9.17, 15) is 4.79 Å². The molecule has 0 saturated heterocycles. The van der Waals surface area contributed by atoms with Gasteiger partial charge in [-0.25, -0.2) is 9.78 Å². The van der Waals surface area contributed by atoms with Crippen LogP contribution in [0.4, 0.5) is 0 Å². The number of hydrogen-bond donors (Lipinski definition) is 1. The van der Waals surface area contributed by atoms with Crippen molar-refractivity contribution in [3.8, 4) is 11.1 Å². The standard InChI is InChI=1S/C11H9BrN2O/c1-7-9(6-13-11(15)14-7)8-4-2-3-5-10(8)12/h2-6H,1H3,(H,13,14,15). The highest BCUT2D eigenvalue weighted by atomic mass is 79.9. The van der Waals surface area contributed by atoms with E-state index in [1.807, 2.05) is 31.2 Å². The molecule has 1 heterocycles. The SMILES string of the molecule is Cc1[nH]c(=O)ncc1-c1ccccc1Br. The highest BCUT2D eigenvalue weighted by molar-refractivity contribution is 9.10. The minimum Gasteiger partial charge on any atom is -0.309 e. The minimum atomic E-state index is -0.316. The van der Waals surface area contributed by atoms with Crippen LogP contribution < -0.4 is 5.69 Å². The van der Waals surface area contributed by atoms with Crippen LogP contribution in [0.2, 0.25) is 0 Å². The predicted octanol–water partition coefficient (Wildman–Crippen LogP) is 2.51. The summed E-state index contributed by atoms with van der Waals surface area (Å²) in [6.07, 6.45) is 1.59. The van der Waals surface area contributed by atoms with Crippen LogP contribution >= 0.6 is 15.9 Å². The van der Waals surface area contributed by atoms with E-state index in [1.165, 1.54) is 0 Å². The Bertz CT molecular complexity index is 548. The summed E-state index contributed by atoms with van der Waals surface area (Å²) in [6, 6.07) is 7.83. The molecule has 0 fully saturated rings. The smallest absolute Gasteiger partial charge is 0.309 e. The number of H-pyrrole nitrogens is 1. The van der Waals surface area contributed by atoms with Crippen molar-refractivity contribution in [3.63, 3.8) is 0 Å². The Labute approximate surface area is 95.3 Å². The fourth-order valence-electron chi connectivity index (χ4n) is 1.43. The molecule has 1 aromatic carbocycles. The third kappa shape index (κ3) is 1.99. The zero-order chi connectivity index (χ0) is 10.8. The third-order valence-electron chi connectivity index (χ3n) is 2.17. The first kappa shape index (κ1) is 10.1. The number of halogens is 1. The molecule has 2 rings (SSSR count). The Balaban J connectivity index is 2.65. The first-order valence-electron chi connectivity index (χ1n) is 4.49. The number of rotatable bonds is 1. The van der Waals surface area contributed by atoms with Gasteiger partial charge in [0.25, 0.3) is 0 Å². The molecular weight excluding hydrogens is 256 g/mol. The fourth-order valence-corrected chi connectivity index (χ4v) is 1.93. The van der Waals surface area contributed by atoms with Gasteiger partial charge in [0.15, 0.2) is 0 Å². The second-order valence-corrected chi connectivity index (χ2v) is 4.06. The second-order valence-electron chi connectivity index (χ2n) is 3.21. The number of nitrogens with zero attached hydrogens (tertiary/aromatic N) is 1. The van der Waals surface area contributed by atoms with Crippen molar-refractivity contribution in [2.24, 2.45) is 0 Å². The van der Waals surface area contributed by atoms with Crippen molar-refractivity contribution in [3.05, 3.63) is 51.1 Å². The Hall–Kier alpha value is -1.42. The molecular formula is C11H9BrN2O. The molecule has 0 radical (unpaired) electrons. The highest BCUT2D eigenvalue weighted by Crippen LogP contribution is 2.28. The fraction of sp³-hybridized carbons (Fsp3) is 0.0909. The van der Waals surface area contributed by atoms with Gasteiger partial charge >= 0.3 is 5.69 Å². The average molecular weight is 265 g/mol. The maximum absolute atomic E-state index is 11.0. The number of aromatic nitrogens is 2. The average Bonchev–Trinajstić information content (AvgIpc) is 2.20. The lowest BCUT2D eigenvalue weighted by molar-refractivity contribution is 1.03. The molecule has 0 spiro atoms. The van der Waals surface area contributed by atoms with Gasteiger partial charge in [-0.3, -0.25) is 0 Å². The number of hydrogen-bond acceptors (Lipinski definition) is 2. The van der Waals surface area contributed by atoms with Crippen LogP contribution in [-0.2, 0) is 0 Å². The number of nitrogens with one attached hydrogen (secondary N) is 1. The summed E-state index contributed by atoms with van der Waals surface area (Å²) in [4.78, 5) is 17.4. The van der Waals surface area contributed by atoms with Gasteiger partial charge in [-0.1, -0.05) is 34.1 Å². The lowest BCUT2D eigenvalue weighted by atomic mass is 10.1. The van der Waals surface area contributed by atoms with Crippen molar-refractivity contribution in [2.75, 3.05) is 0 Å². The van der Waals surface area contributed by atoms with E-state index in [1.54, 1.807) is 6.20 Å². The van der Waals surface area contributed by atoms with Crippen LogP contribution in [0.5, 0.6) is 0 Å². The summed E-state index contributed by atoms with van der Waals surface area (Å²) in [6.45, 7) is 1.86. The second kappa shape index (κ2) is 3.98. The van der Waals surface area contributed by atoms with Gasteiger partial charge in [-0.2, -0.15) is 0 Å². The van der Waals surface area contributed by atoms with Crippen molar-refractivity contribution >= 4 is 15.9 Å². The number of aryl methyl sites for hydroxylation is 1. The van der Waals surface area contributed by atoms with E-state index in [-0.39, 0.29) is 5.69 Å². The van der Waals surface area contributed by atoms with E-state index >= 15 is 0 Å². The zero-order valence-electron chi connectivity index (χ0n) is 8.12. The molecule has 0 aliphatic carbocycles. The van der Waals surface area contributed by atoms with Gasteiger partial charge in [0.1, 0.15) is 0 Å². The van der Waals surface area contributed by atoms with E-state index < -0.39 is 0 Å². The van der Waals surface area contributed by atoms with Gasteiger partial charge in [0.2, 0.25) is 0 Å². The summed E-state index contributed by atoms with van der Waals surface area (Å²) in [5.41, 5.74) is 2.46. The van der Waals surface area contributed by atoms with Gasteiger partial charge in [-0.15, -0.1) is 0 Å². The van der Waals surface area contributed by atoms with Crippen molar-refractivity contribution in [1.82, 2.24) is 9.97 Å². The van der Waals surface area contributed by atoms with Crippen LogP contribution in [0, 0.1) is 6.92 Å². The Morgan fingerprint density at radius 3 is 2.67 bits per heavy atom. The number of benzene rings is 1. The van der Waals surface area contributed by atoms with Crippen LogP contribution in [-0.4, -0.2) is 9.97 Å². The lowest BCUT2D eigenvalue weighted by Crippen LogP contribution is -2.11. The predicted molar refractivity (Wildman–Crippen MR) is 62.7 cm³/mol. The molecule has 15 heavy (non-hydrogen) atoms. The zero-order valence-corrected chi connectivity index (χ0v) is 9.71. The Morgan fingerprint density at radius 1 is 1.27 bits per heavy atom. The molecule has 2 aromatic rings. The van der Waals surface area contributed by atoms with Crippen LogP contribution in [0.25, 0.3) is 11.1 Å². The first-order chi connectivity index (χ1) is 7.18. The van der Waals surface area contributed by atoms with E-state index in [4.69, 9.17) is 0 Å². The molecule has 0 atom stereocenters. The molecule has 3 nitrogen and oxygen atoms in total. The van der Waals surface area contributed by atoms with Gasteiger partial charge in [0, 0.05) is 21.9 Å². The molecule has 4 heteroatoms. The van der Waals surface area contributed by atoms with Crippen molar-refractivity contribution < 1.29 is 0 Å². The minimum absolute atomic E-state index is 0.316. The maximum atomic E-state index is 11.0. The summed E-state index contributed by atoms with van der Waals surface area (Å²) in [5, 5.41) is 0. The molecule has 1 aromatic heterocycles. The van der Waals surface area contributed by atoms with Crippen LogP contribution in [0.1, 0.15) is 5.69 Å². The Kier molecular flexibility index (Phi) is 2.68. The monoisotopic (exact) mass is 264 g/mol. The van der Waals surface area contributed by atoms with Gasteiger partial charge < -0.3 is 4.98 Å². The Morgan fingerprint density at radius 2 is 2.00 bits per heavy atom. The van der Waals surface area contributed by atoms with Crippen molar-refractivity contribution in [2.45, 2.75) is 6.92 Å². The van der Waals surface area contributed by atoms with E-state index in [2.05, 4.69) is 25.9 Å². The van der Waals surface area contributed by atoms with Crippen molar-refractivity contribution in [1.29, 1.82) is 0 Å². The molecule has 0 aliphatic heterocycles. The molecule has 0 amide bonds. The summed E-state index contributed by atoms with van der Waals surface area (Å²) in [5.74, 6) is 0. The molecule has 0 aliphatic rings. The molecule has 0 bridgehead atoms. The quantitative estimate of drug-likeness (QED) is 0.861. The molecule has 76 valence electrons.